The molecule has 1 aromatic heterocycles. The van der Waals surface area contributed by atoms with Crippen LogP contribution in [-0.4, -0.2) is 29.8 Å². The maximum atomic E-state index is 12.9. The number of methoxy groups -OCH3 is 1. The molecule has 11 heteroatoms. The van der Waals surface area contributed by atoms with Crippen LogP contribution in [0.25, 0.3) is 0 Å². The second-order valence-corrected chi connectivity index (χ2v) is 8.38. The third-order valence-corrected chi connectivity index (χ3v) is 6.21. The standard InChI is InChI=1S/C22H18ClN3O6S/c1-11-4-7-14(8-5-11)24-20(28)18-12(2)17(22(29)32-3)21(33-18)25-19(27)13-6-9-15(23)16(10-13)26(30)31/h4-10H,1-3H3,(H,24,28)(H,25,27). The highest BCUT2D eigenvalue weighted by Gasteiger charge is 2.27. The summed E-state index contributed by atoms with van der Waals surface area (Å²) in [6.07, 6.45) is 0. The van der Waals surface area contributed by atoms with Gasteiger partial charge in [0.25, 0.3) is 17.5 Å². The smallest absolute Gasteiger partial charge is 0.341 e. The van der Waals surface area contributed by atoms with E-state index in [4.69, 9.17) is 16.3 Å². The van der Waals surface area contributed by atoms with E-state index in [1.165, 1.54) is 19.2 Å². The predicted molar refractivity (Wildman–Crippen MR) is 126 cm³/mol. The Labute approximate surface area is 197 Å². The number of anilines is 2. The van der Waals surface area contributed by atoms with E-state index in [1.807, 2.05) is 19.1 Å². The molecular formula is C22H18ClN3O6S. The fourth-order valence-corrected chi connectivity index (χ4v) is 4.23. The number of esters is 1. The van der Waals surface area contributed by atoms with Crippen molar-refractivity contribution in [3.63, 3.8) is 0 Å². The van der Waals surface area contributed by atoms with Crippen LogP contribution >= 0.6 is 22.9 Å². The zero-order valence-electron chi connectivity index (χ0n) is 17.7. The maximum Gasteiger partial charge on any atom is 0.341 e. The molecule has 0 aliphatic heterocycles. The van der Waals surface area contributed by atoms with Crippen molar-refractivity contribution >= 4 is 57.1 Å². The Balaban J connectivity index is 1.94. The van der Waals surface area contributed by atoms with Crippen molar-refractivity contribution in [2.75, 3.05) is 17.7 Å². The van der Waals surface area contributed by atoms with Crippen molar-refractivity contribution in [1.29, 1.82) is 0 Å². The largest absolute Gasteiger partial charge is 0.465 e. The number of hydrogen-bond donors (Lipinski definition) is 2. The van der Waals surface area contributed by atoms with Gasteiger partial charge in [0.15, 0.2) is 0 Å². The zero-order valence-corrected chi connectivity index (χ0v) is 19.3. The van der Waals surface area contributed by atoms with Gasteiger partial charge in [0.1, 0.15) is 10.0 Å². The van der Waals surface area contributed by atoms with Crippen molar-refractivity contribution in [3.8, 4) is 0 Å². The Kier molecular flexibility index (Phi) is 7.10. The van der Waals surface area contributed by atoms with Crippen LogP contribution in [0.1, 0.15) is 41.5 Å². The predicted octanol–water partition coefficient (Wildman–Crippen LogP) is 5.22. The van der Waals surface area contributed by atoms with Gasteiger partial charge in [0.2, 0.25) is 0 Å². The summed E-state index contributed by atoms with van der Waals surface area (Å²) in [5.41, 5.74) is 1.47. The number of nitrogens with one attached hydrogen (secondary N) is 2. The molecule has 0 unspecified atom stereocenters. The second-order valence-electron chi connectivity index (χ2n) is 6.95. The second kappa shape index (κ2) is 9.80. The van der Waals surface area contributed by atoms with Gasteiger partial charge in [-0.2, -0.15) is 0 Å². The number of nitro benzene ring substituents is 1. The molecule has 0 atom stereocenters. The highest BCUT2D eigenvalue weighted by Crippen LogP contribution is 2.35. The Morgan fingerprint density at radius 1 is 1.03 bits per heavy atom. The van der Waals surface area contributed by atoms with Gasteiger partial charge in [-0.3, -0.25) is 19.7 Å². The third-order valence-electron chi connectivity index (χ3n) is 4.68. The number of amides is 2. The number of nitro groups is 1. The SMILES string of the molecule is COC(=O)c1c(NC(=O)c2ccc(Cl)c([N+](=O)[O-])c2)sc(C(=O)Nc2ccc(C)cc2)c1C. The van der Waals surface area contributed by atoms with Crippen molar-refractivity contribution in [2.24, 2.45) is 0 Å². The van der Waals surface area contributed by atoms with Gasteiger partial charge in [-0.05, 0) is 43.7 Å². The molecule has 0 aliphatic rings. The Bertz CT molecular complexity index is 1270. The number of carbonyl (C=O) groups is 3. The van der Waals surface area contributed by atoms with E-state index < -0.39 is 28.4 Å². The number of thiophene rings is 1. The van der Waals surface area contributed by atoms with Crippen molar-refractivity contribution in [3.05, 3.63) is 84.7 Å². The number of nitrogens with zero attached hydrogens (tertiary/aromatic N) is 1. The topological polar surface area (TPSA) is 128 Å². The summed E-state index contributed by atoms with van der Waals surface area (Å²) < 4.78 is 4.81. The molecule has 0 saturated heterocycles. The lowest BCUT2D eigenvalue weighted by Gasteiger charge is -2.06. The first-order valence-electron chi connectivity index (χ1n) is 9.47. The molecule has 3 aromatic rings. The Morgan fingerprint density at radius 2 is 1.70 bits per heavy atom. The molecule has 33 heavy (non-hydrogen) atoms. The molecular weight excluding hydrogens is 470 g/mol. The van der Waals surface area contributed by atoms with Crippen molar-refractivity contribution in [1.82, 2.24) is 0 Å². The fraction of sp³-hybridized carbons (Fsp3) is 0.136. The summed E-state index contributed by atoms with van der Waals surface area (Å²) in [6.45, 7) is 3.48. The highest BCUT2D eigenvalue weighted by molar-refractivity contribution is 7.19. The van der Waals surface area contributed by atoms with E-state index in [2.05, 4.69) is 10.6 Å². The van der Waals surface area contributed by atoms with Crippen molar-refractivity contribution < 1.29 is 24.0 Å². The molecule has 170 valence electrons. The molecule has 3 rings (SSSR count). The molecule has 1 heterocycles. The third kappa shape index (κ3) is 5.18. The van der Waals surface area contributed by atoms with Crippen molar-refractivity contribution in [2.45, 2.75) is 13.8 Å². The van der Waals surface area contributed by atoms with Crippen LogP contribution in [0.4, 0.5) is 16.4 Å². The van der Waals surface area contributed by atoms with Crippen LogP contribution in [0.3, 0.4) is 0 Å². The Hall–Kier alpha value is -3.76. The van der Waals surface area contributed by atoms with E-state index in [-0.39, 0.29) is 26.0 Å². The number of rotatable bonds is 6. The minimum Gasteiger partial charge on any atom is -0.465 e. The van der Waals surface area contributed by atoms with Gasteiger partial charge < -0.3 is 15.4 Å². The molecule has 0 spiro atoms. The molecule has 0 radical (unpaired) electrons. The number of ether oxygens (including phenoxy) is 1. The Morgan fingerprint density at radius 3 is 2.30 bits per heavy atom. The van der Waals surface area contributed by atoms with E-state index in [9.17, 15) is 24.5 Å². The number of carbonyl (C=O) groups excluding carboxylic acids is 3. The molecule has 0 saturated carbocycles. The maximum absolute atomic E-state index is 12.9. The molecule has 0 fully saturated rings. The molecule has 0 bridgehead atoms. The summed E-state index contributed by atoms with van der Waals surface area (Å²) >= 11 is 6.69. The molecule has 2 aromatic carbocycles. The van der Waals surface area contributed by atoms with E-state index in [0.717, 1.165) is 23.0 Å². The summed E-state index contributed by atoms with van der Waals surface area (Å²) in [4.78, 5) is 48.6. The lowest BCUT2D eigenvalue weighted by Crippen LogP contribution is -2.14. The average Bonchev–Trinajstić information content (AvgIpc) is 3.10. The summed E-state index contributed by atoms with van der Waals surface area (Å²) in [5, 5.41) is 16.4. The van der Waals surface area contributed by atoms with Crippen LogP contribution in [0.5, 0.6) is 0 Å². The molecule has 9 nitrogen and oxygen atoms in total. The molecule has 0 aliphatic carbocycles. The lowest BCUT2D eigenvalue weighted by atomic mass is 10.1. The van der Waals surface area contributed by atoms with Crippen LogP contribution in [0, 0.1) is 24.0 Å². The summed E-state index contributed by atoms with van der Waals surface area (Å²) in [7, 11) is 1.18. The molecule has 2 N–H and O–H groups in total. The normalized spacial score (nSPS) is 10.4. The fourth-order valence-electron chi connectivity index (χ4n) is 2.96. The van der Waals surface area contributed by atoms with E-state index in [0.29, 0.717) is 11.3 Å². The van der Waals surface area contributed by atoms with Gasteiger partial charge in [-0.1, -0.05) is 29.3 Å². The minimum absolute atomic E-state index is 0.0216. The van der Waals surface area contributed by atoms with Crippen LogP contribution in [-0.2, 0) is 4.74 Å². The van der Waals surface area contributed by atoms with E-state index >= 15 is 0 Å². The summed E-state index contributed by atoms with van der Waals surface area (Å²) in [6, 6.07) is 10.7. The zero-order chi connectivity index (χ0) is 24.3. The average molecular weight is 488 g/mol. The van der Waals surface area contributed by atoms with E-state index in [1.54, 1.807) is 19.1 Å². The van der Waals surface area contributed by atoms with Gasteiger partial charge in [0, 0.05) is 17.3 Å². The monoisotopic (exact) mass is 487 g/mol. The van der Waals surface area contributed by atoms with Crippen LogP contribution in [0.2, 0.25) is 5.02 Å². The minimum atomic E-state index is -0.740. The van der Waals surface area contributed by atoms with Gasteiger partial charge in [-0.25, -0.2) is 4.79 Å². The number of aryl methyl sites for hydroxylation is 1. The van der Waals surface area contributed by atoms with Crippen LogP contribution < -0.4 is 10.6 Å². The molecule has 2 amide bonds. The highest BCUT2D eigenvalue weighted by atomic mass is 35.5. The first-order valence-corrected chi connectivity index (χ1v) is 10.7. The lowest BCUT2D eigenvalue weighted by molar-refractivity contribution is -0.384. The number of benzene rings is 2. The number of hydrogen-bond acceptors (Lipinski definition) is 7. The quantitative estimate of drug-likeness (QED) is 0.279. The van der Waals surface area contributed by atoms with Gasteiger partial charge in [-0.15, -0.1) is 11.3 Å². The first kappa shape index (κ1) is 23.9. The van der Waals surface area contributed by atoms with Gasteiger partial charge in [0.05, 0.1) is 22.5 Å². The number of halogens is 1. The summed E-state index contributed by atoms with van der Waals surface area (Å²) in [5.74, 6) is -1.92. The first-order chi connectivity index (χ1) is 15.6. The van der Waals surface area contributed by atoms with Gasteiger partial charge >= 0.3 is 5.97 Å². The van der Waals surface area contributed by atoms with Crippen LogP contribution in [0.15, 0.2) is 42.5 Å².